The van der Waals surface area contributed by atoms with Crippen LogP contribution in [0, 0.1) is 24.1 Å². The summed E-state index contributed by atoms with van der Waals surface area (Å²) in [6.45, 7) is 1.66. The molecule has 0 saturated heterocycles. The summed E-state index contributed by atoms with van der Waals surface area (Å²) in [6.07, 6.45) is 5.66. The van der Waals surface area contributed by atoms with Crippen molar-refractivity contribution in [2.24, 2.45) is 0 Å². The van der Waals surface area contributed by atoms with Gasteiger partial charge < -0.3 is 11.1 Å². The zero-order valence-electron chi connectivity index (χ0n) is 15.5. The SMILES string of the molecule is Cc1c(C(=O)Nc2cnc(-n3nccn3)c(C#N)c2)cnn1-c1ccc(F)c(N)n1. The van der Waals surface area contributed by atoms with Crippen LogP contribution < -0.4 is 11.1 Å². The van der Waals surface area contributed by atoms with Crippen LogP contribution in [0.3, 0.4) is 0 Å². The molecule has 0 unspecified atom stereocenters. The summed E-state index contributed by atoms with van der Waals surface area (Å²) in [6, 6.07) is 6.04. The minimum Gasteiger partial charge on any atom is -0.381 e. The van der Waals surface area contributed by atoms with Gasteiger partial charge in [0.05, 0.1) is 41.7 Å². The molecule has 1 amide bonds. The maximum absolute atomic E-state index is 13.4. The first-order valence-electron chi connectivity index (χ1n) is 8.53. The van der Waals surface area contributed by atoms with Crippen molar-refractivity contribution in [3.8, 4) is 17.7 Å². The monoisotopic (exact) mass is 404 g/mol. The number of nitrogen functional groups attached to an aromatic ring is 1. The third-order valence-electron chi connectivity index (χ3n) is 4.18. The third kappa shape index (κ3) is 3.31. The number of rotatable bonds is 4. The molecule has 4 aromatic heterocycles. The molecule has 3 N–H and O–H groups in total. The van der Waals surface area contributed by atoms with Gasteiger partial charge in [0, 0.05) is 0 Å². The lowest BCUT2D eigenvalue weighted by Gasteiger charge is -2.08. The molecule has 0 atom stereocenters. The second-order valence-electron chi connectivity index (χ2n) is 6.07. The normalized spacial score (nSPS) is 10.6. The Hall–Kier alpha value is -4.66. The molecule has 30 heavy (non-hydrogen) atoms. The highest BCUT2D eigenvalue weighted by molar-refractivity contribution is 6.05. The van der Waals surface area contributed by atoms with Crippen LogP contribution in [-0.4, -0.2) is 40.6 Å². The van der Waals surface area contributed by atoms with E-state index in [0.717, 1.165) is 0 Å². The molecule has 0 aliphatic carbocycles. The first-order chi connectivity index (χ1) is 14.5. The number of nitrogens with one attached hydrogen (secondary N) is 1. The Labute approximate surface area is 168 Å². The largest absolute Gasteiger partial charge is 0.381 e. The predicted molar refractivity (Wildman–Crippen MR) is 102 cm³/mol. The van der Waals surface area contributed by atoms with Crippen LogP contribution in [-0.2, 0) is 0 Å². The van der Waals surface area contributed by atoms with E-state index in [-0.39, 0.29) is 28.6 Å². The fourth-order valence-electron chi connectivity index (χ4n) is 2.72. The number of nitrogens with zero attached hydrogens (tertiary/aromatic N) is 8. The molecular formula is C18H13FN10O. The predicted octanol–water partition coefficient (Wildman–Crippen LogP) is 1.40. The van der Waals surface area contributed by atoms with Gasteiger partial charge >= 0.3 is 0 Å². The maximum Gasteiger partial charge on any atom is 0.259 e. The Morgan fingerprint density at radius 3 is 2.70 bits per heavy atom. The summed E-state index contributed by atoms with van der Waals surface area (Å²) < 4.78 is 14.7. The van der Waals surface area contributed by atoms with E-state index < -0.39 is 11.7 Å². The smallest absolute Gasteiger partial charge is 0.259 e. The number of carbonyl (C=O) groups is 1. The number of carbonyl (C=O) groups excluding carboxylic acids is 1. The van der Waals surface area contributed by atoms with Gasteiger partial charge in [-0.1, -0.05) is 0 Å². The molecule has 148 valence electrons. The molecule has 4 rings (SSSR count). The van der Waals surface area contributed by atoms with E-state index in [4.69, 9.17) is 5.73 Å². The third-order valence-corrected chi connectivity index (χ3v) is 4.18. The van der Waals surface area contributed by atoms with Crippen LogP contribution in [0.2, 0.25) is 0 Å². The van der Waals surface area contributed by atoms with Crippen LogP contribution in [0.5, 0.6) is 0 Å². The van der Waals surface area contributed by atoms with Gasteiger partial charge in [0.1, 0.15) is 11.6 Å². The number of nitriles is 1. The Bertz CT molecular complexity index is 1290. The molecule has 0 aliphatic rings. The molecule has 12 heteroatoms. The lowest BCUT2D eigenvalue weighted by atomic mass is 10.2. The number of anilines is 2. The van der Waals surface area contributed by atoms with Crippen molar-refractivity contribution in [3.63, 3.8) is 0 Å². The van der Waals surface area contributed by atoms with Crippen LogP contribution in [0.4, 0.5) is 15.9 Å². The van der Waals surface area contributed by atoms with Crippen molar-refractivity contribution in [1.29, 1.82) is 5.26 Å². The summed E-state index contributed by atoms with van der Waals surface area (Å²) >= 11 is 0. The lowest BCUT2D eigenvalue weighted by Crippen LogP contribution is -2.14. The van der Waals surface area contributed by atoms with E-state index in [1.807, 2.05) is 6.07 Å². The number of aromatic nitrogens is 7. The van der Waals surface area contributed by atoms with Gasteiger partial charge in [0.2, 0.25) is 0 Å². The summed E-state index contributed by atoms with van der Waals surface area (Å²) in [5, 5.41) is 24.1. The average molecular weight is 404 g/mol. The van der Waals surface area contributed by atoms with Gasteiger partial charge in [-0.25, -0.2) is 19.0 Å². The van der Waals surface area contributed by atoms with Crippen molar-refractivity contribution in [2.75, 3.05) is 11.1 Å². The summed E-state index contributed by atoms with van der Waals surface area (Å²) in [4.78, 5) is 22.0. The summed E-state index contributed by atoms with van der Waals surface area (Å²) in [5.74, 6) is -0.865. The molecule has 0 saturated carbocycles. The van der Waals surface area contributed by atoms with Gasteiger partial charge in [-0.15, -0.1) is 4.80 Å². The minimum atomic E-state index is -0.643. The number of halogens is 1. The van der Waals surface area contributed by atoms with E-state index in [0.29, 0.717) is 11.4 Å². The Kier molecular flexibility index (Phi) is 4.61. The zero-order valence-corrected chi connectivity index (χ0v) is 15.5. The molecule has 0 bridgehead atoms. The lowest BCUT2D eigenvalue weighted by molar-refractivity contribution is 0.102. The maximum atomic E-state index is 13.4. The van der Waals surface area contributed by atoms with Gasteiger partial charge in [0.25, 0.3) is 5.91 Å². The second-order valence-corrected chi connectivity index (χ2v) is 6.07. The Balaban J connectivity index is 1.60. The molecule has 0 fully saturated rings. The first-order valence-corrected chi connectivity index (χ1v) is 8.53. The van der Waals surface area contributed by atoms with E-state index >= 15 is 0 Å². The Morgan fingerprint density at radius 1 is 1.23 bits per heavy atom. The molecule has 4 aromatic rings. The molecule has 4 heterocycles. The molecule has 0 aromatic carbocycles. The number of nitrogens with two attached hydrogens (primary N) is 1. The van der Waals surface area contributed by atoms with Gasteiger partial charge in [-0.2, -0.15) is 20.6 Å². The van der Waals surface area contributed by atoms with Gasteiger partial charge in [-0.05, 0) is 25.1 Å². The highest BCUT2D eigenvalue weighted by Gasteiger charge is 2.18. The molecule has 11 nitrogen and oxygen atoms in total. The second kappa shape index (κ2) is 7.40. The van der Waals surface area contributed by atoms with Crippen LogP contribution >= 0.6 is 0 Å². The molecule has 0 radical (unpaired) electrons. The van der Waals surface area contributed by atoms with Crippen molar-refractivity contribution in [3.05, 3.63) is 65.6 Å². The highest BCUT2D eigenvalue weighted by atomic mass is 19.1. The number of pyridine rings is 2. The molecule has 0 aliphatic heterocycles. The van der Waals surface area contributed by atoms with Crippen LogP contribution in [0.15, 0.2) is 43.0 Å². The Morgan fingerprint density at radius 2 is 2.00 bits per heavy atom. The average Bonchev–Trinajstić information content (AvgIpc) is 3.40. The summed E-state index contributed by atoms with van der Waals surface area (Å²) in [5.41, 5.74) is 6.72. The van der Waals surface area contributed by atoms with Crippen molar-refractivity contribution >= 4 is 17.4 Å². The molecule has 0 spiro atoms. The van der Waals surface area contributed by atoms with E-state index in [9.17, 15) is 14.4 Å². The zero-order chi connectivity index (χ0) is 21.3. The van der Waals surface area contributed by atoms with Gasteiger partial charge in [-0.3, -0.25) is 4.79 Å². The van der Waals surface area contributed by atoms with Gasteiger partial charge in [0.15, 0.2) is 23.3 Å². The van der Waals surface area contributed by atoms with Crippen LogP contribution in [0.1, 0.15) is 21.6 Å². The van der Waals surface area contributed by atoms with E-state index in [1.165, 1.54) is 52.5 Å². The molecular weight excluding hydrogens is 391 g/mol. The first kappa shape index (κ1) is 18.7. The summed E-state index contributed by atoms with van der Waals surface area (Å²) in [7, 11) is 0. The van der Waals surface area contributed by atoms with E-state index in [1.54, 1.807) is 6.92 Å². The van der Waals surface area contributed by atoms with Crippen molar-refractivity contribution in [1.82, 2.24) is 34.7 Å². The topological polar surface area (TPSA) is 153 Å². The standard InChI is InChI=1S/C18H13FN10O/c1-10-13(9-25-28(10)15-3-2-14(19)16(21)27-15)18(30)26-12-6-11(7-20)17(22-8-12)29-23-4-5-24-29/h2-6,8-9H,1H3,(H2,21,27)(H,26,30). The van der Waals surface area contributed by atoms with E-state index in [2.05, 4.69) is 30.6 Å². The van der Waals surface area contributed by atoms with Crippen molar-refractivity contribution < 1.29 is 9.18 Å². The highest BCUT2D eigenvalue weighted by Crippen LogP contribution is 2.19. The fraction of sp³-hybridized carbons (Fsp3) is 0.0556. The van der Waals surface area contributed by atoms with Crippen molar-refractivity contribution in [2.45, 2.75) is 6.92 Å². The number of hydrogen-bond donors (Lipinski definition) is 2. The number of hydrogen-bond acceptors (Lipinski definition) is 8. The number of amides is 1. The fourth-order valence-corrected chi connectivity index (χ4v) is 2.72. The quantitative estimate of drug-likeness (QED) is 0.517. The van der Waals surface area contributed by atoms with Crippen LogP contribution in [0.25, 0.3) is 11.6 Å². The minimum absolute atomic E-state index is 0.183.